The van der Waals surface area contributed by atoms with Crippen LogP contribution in [0.1, 0.15) is 18.9 Å². The lowest BCUT2D eigenvalue weighted by Gasteiger charge is -2.20. The molecule has 0 saturated carbocycles. The van der Waals surface area contributed by atoms with E-state index in [-0.39, 0.29) is 13.1 Å². The van der Waals surface area contributed by atoms with Crippen LogP contribution in [0.3, 0.4) is 0 Å². The van der Waals surface area contributed by atoms with Gasteiger partial charge in [0.25, 0.3) is 5.91 Å². The summed E-state index contributed by atoms with van der Waals surface area (Å²) in [4.78, 5) is 24.4. The van der Waals surface area contributed by atoms with Crippen LogP contribution in [0.15, 0.2) is 24.3 Å². The summed E-state index contributed by atoms with van der Waals surface area (Å²) in [6.45, 7) is 1.22. The molecule has 126 valence electrons. The van der Waals surface area contributed by atoms with E-state index in [0.29, 0.717) is 6.42 Å². The van der Waals surface area contributed by atoms with Gasteiger partial charge in [-0.15, -0.1) is 0 Å². The molecule has 1 amide bonds. The SMILES string of the molecule is C[C@@]1(C(=O)O)CCN(C(=O)COc2ccccc2C(F)(F)F)C1. The fraction of sp³-hybridized carbons (Fsp3) is 0.467. The molecule has 1 saturated heterocycles. The topological polar surface area (TPSA) is 66.8 Å². The van der Waals surface area contributed by atoms with Gasteiger partial charge in [-0.1, -0.05) is 12.1 Å². The molecule has 8 heteroatoms. The van der Waals surface area contributed by atoms with Crippen molar-refractivity contribution < 1.29 is 32.6 Å². The summed E-state index contributed by atoms with van der Waals surface area (Å²) in [6.07, 6.45) is -4.28. The first kappa shape index (κ1) is 17.1. The summed E-state index contributed by atoms with van der Waals surface area (Å²) in [6, 6.07) is 4.63. The number of alkyl halides is 3. The van der Waals surface area contributed by atoms with Crippen molar-refractivity contribution in [2.24, 2.45) is 5.41 Å². The first-order valence-corrected chi connectivity index (χ1v) is 6.94. The van der Waals surface area contributed by atoms with Gasteiger partial charge in [0.2, 0.25) is 0 Å². The van der Waals surface area contributed by atoms with Gasteiger partial charge in [-0.3, -0.25) is 9.59 Å². The van der Waals surface area contributed by atoms with E-state index in [4.69, 9.17) is 9.84 Å². The number of aliphatic carboxylic acids is 1. The van der Waals surface area contributed by atoms with Gasteiger partial charge < -0.3 is 14.7 Å². The largest absolute Gasteiger partial charge is 0.483 e. The van der Waals surface area contributed by atoms with E-state index in [0.717, 1.165) is 12.1 Å². The molecular weight excluding hydrogens is 315 g/mol. The van der Waals surface area contributed by atoms with Crippen LogP contribution in [0, 0.1) is 5.41 Å². The van der Waals surface area contributed by atoms with Crippen molar-refractivity contribution in [3.63, 3.8) is 0 Å². The molecule has 0 aromatic heterocycles. The van der Waals surface area contributed by atoms with Gasteiger partial charge in [-0.25, -0.2) is 0 Å². The Hall–Kier alpha value is -2.25. The van der Waals surface area contributed by atoms with Crippen LogP contribution in [0.2, 0.25) is 0 Å². The van der Waals surface area contributed by atoms with Crippen molar-refractivity contribution in [1.82, 2.24) is 4.90 Å². The number of amides is 1. The quantitative estimate of drug-likeness (QED) is 0.920. The molecule has 0 bridgehead atoms. The van der Waals surface area contributed by atoms with Crippen molar-refractivity contribution in [3.8, 4) is 5.75 Å². The molecule has 1 aliphatic rings. The Morgan fingerprint density at radius 3 is 2.57 bits per heavy atom. The average molecular weight is 331 g/mol. The summed E-state index contributed by atoms with van der Waals surface area (Å²) in [5.41, 5.74) is -1.98. The van der Waals surface area contributed by atoms with Crippen LogP contribution in [0.4, 0.5) is 13.2 Å². The maximum Gasteiger partial charge on any atom is 0.419 e. The Morgan fingerprint density at radius 1 is 1.35 bits per heavy atom. The standard InChI is InChI=1S/C15H16F3NO4/c1-14(13(21)22)6-7-19(9-14)12(20)8-23-11-5-3-2-4-10(11)15(16,17)18/h2-5H,6-9H2,1H3,(H,21,22)/t14-/m1/s1. The van der Waals surface area contributed by atoms with Gasteiger partial charge in [-0.2, -0.15) is 13.2 Å². The van der Waals surface area contributed by atoms with E-state index in [1.165, 1.54) is 24.0 Å². The van der Waals surface area contributed by atoms with Gasteiger partial charge in [-0.05, 0) is 25.5 Å². The normalized spacial score (nSPS) is 21.3. The highest BCUT2D eigenvalue weighted by atomic mass is 19.4. The number of benzene rings is 1. The fourth-order valence-electron chi connectivity index (χ4n) is 2.41. The number of hydrogen-bond donors (Lipinski definition) is 1. The second kappa shape index (κ2) is 6.10. The van der Waals surface area contributed by atoms with Gasteiger partial charge >= 0.3 is 12.1 Å². The highest BCUT2D eigenvalue weighted by Crippen LogP contribution is 2.36. The number of halogens is 3. The summed E-state index contributed by atoms with van der Waals surface area (Å²) in [5, 5.41) is 9.11. The van der Waals surface area contributed by atoms with Crippen LogP contribution in [-0.4, -0.2) is 41.6 Å². The second-order valence-electron chi connectivity index (χ2n) is 5.71. The third-order valence-corrected chi connectivity index (χ3v) is 3.89. The van der Waals surface area contributed by atoms with Gasteiger partial charge in [0.05, 0.1) is 11.0 Å². The number of carbonyl (C=O) groups is 2. The molecule has 0 aliphatic carbocycles. The fourth-order valence-corrected chi connectivity index (χ4v) is 2.41. The van der Waals surface area contributed by atoms with E-state index in [9.17, 15) is 22.8 Å². The molecule has 1 aliphatic heterocycles. The van der Waals surface area contributed by atoms with Crippen molar-refractivity contribution in [2.75, 3.05) is 19.7 Å². The van der Waals surface area contributed by atoms with Crippen molar-refractivity contribution in [3.05, 3.63) is 29.8 Å². The number of carboxylic acids is 1. The zero-order valence-corrected chi connectivity index (χ0v) is 12.4. The number of ether oxygens (including phenoxy) is 1. The van der Waals surface area contributed by atoms with Gasteiger partial charge in [0, 0.05) is 13.1 Å². The summed E-state index contributed by atoms with van der Waals surface area (Å²) < 4.78 is 43.5. The first-order chi connectivity index (χ1) is 10.6. The lowest BCUT2D eigenvalue weighted by molar-refractivity contribution is -0.147. The van der Waals surface area contributed by atoms with Crippen LogP contribution in [0.5, 0.6) is 5.75 Å². The van der Waals surface area contributed by atoms with E-state index in [2.05, 4.69) is 0 Å². The Balaban J connectivity index is 2.00. The lowest BCUT2D eigenvalue weighted by Crippen LogP contribution is -2.37. The molecule has 0 unspecified atom stereocenters. The minimum atomic E-state index is -4.57. The number of carboxylic acid groups (broad SMARTS) is 1. The van der Waals surface area contributed by atoms with E-state index < -0.39 is 41.4 Å². The number of rotatable bonds is 4. The minimum Gasteiger partial charge on any atom is -0.483 e. The molecule has 1 fully saturated rings. The molecule has 5 nitrogen and oxygen atoms in total. The van der Waals surface area contributed by atoms with E-state index in [1.807, 2.05) is 0 Å². The number of carbonyl (C=O) groups excluding carboxylic acids is 1. The monoisotopic (exact) mass is 331 g/mol. The molecule has 2 rings (SSSR count). The van der Waals surface area contributed by atoms with E-state index in [1.54, 1.807) is 0 Å². The second-order valence-corrected chi connectivity index (χ2v) is 5.71. The molecule has 1 aromatic rings. The summed E-state index contributed by atoms with van der Waals surface area (Å²) in [5.74, 6) is -1.96. The van der Waals surface area contributed by atoms with Crippen LogP contribution >= 0.6 is 0 Å². The van der Waals surface area contributed by atoms with Crippen molar-refractivity contribution in [1.29, 1.82) is 0 Å². The third-order valence-electron chi connectivity index (χ3n) is 3.89. The molecule has 23 heavy (non-hydrogen) atoms. The number of hydrogen-bond acceptors (Lipinski definition) is 3. The summed E-state index contributed by atoms with van der Waals surface area (Å²) >= 11 is 0. The smallest absolute Gasteiger partial charge is 0.419 e. The number of likely N-dealkylation sites (tertiary alicyclic amines) is 1. The first-order valence-electron chi connectivity index (χ1n) is 6.94. The molecule has 1 N–H and O–H groups in total. The maximum absolute atomic E-state index is 12.8. The molecule has 1 atom stereocenters. The Labute approximate surface area is 130 Å². The highest BCUT2D eigenvalue weighted by Gasteiger charge is 2.42. The van der Waals surface area contributed by atoms with E-state index >= 15 is 0 Å². The zero-order valence-electron chi connectivity index (χ0n) is 12.4. The zero-order chi connectivity index (χ0) is 17.3. The van der Waals surface area contributed by atoms with Gasteiger partial charge in [0.1, 0.15) is 5.75 Å². The predicted molar refractivity (Wildman–Crippen MR) is 73.9 cm³/mol. The van der Waals surface area contributed by atoms with Crippen LogP contribution in [-0.2, 0) is 15.8 Å². The lowest BCUT2D eigenvalue weighted by atomic mass is 9.90. The van der Waals surface area contributed by atoms with Crippen LogP contribution in [0.25, 0.3) is 0 Å². The minimum absolute atomic E-state index is 0.0193. The van der Waals surface area contributed by atoms with Crippen molar-refractivity contribution in [2.45, 2.75) is 19.5 Å². The molecule has 1 heterocycles. The summed E-state index contributed by atoms with van der Waals surface area (Å²) in [7, 11) is 0. The molecule has 0 spiro atoms. The Morgan fingerprint density at radius 2 is 2.00 bits per heavy atom. The molecule has 0 radical (unpaired) electrons. The van der Waals surface area contributed by atoms with Gasteiger partial charge in [0.15, 0.2) is 6.61 Å². The Bertz CT molecular complexity index is 617. The van der Waals surface area contributed by atoms with Crippen molar-refractivity contribution >= 4 is 11.9 Å². The maximum atomic E-state index is 12.8. The Kier molecular flexibility index (Phi) is 4.53. The highest BCUT2D eigenvalue weighted by molar-refractivity contribution is 5.81. The average Bonchev–Trinajstić information content (AvgIpc) is 2.88. The number of nitrogens with zero attached hydrogens (tertiary/aromatic N) is 1. The third kappa shape index (κ3) is 3.75. The number of para-hydroxylation sites is 1. The molecule has 1 aromatic carbocycles. The molecular formula is C15H16F3NO4. The van der Waals surface area contributed by atoms with Crippen LogP contribution < -0.4 is 4.74 Å². The predicted octanol–water partition coefficient (Wildman–Crippen LogP) is 2.41.